The lowest BCUT2D eigenvalue weighted by Gasteiger charge is -2.37. The molecule has 0 spiro atoms. The quantitative estimate of drug-likeness (QED) is 0.426. The van der Waals surface area contributed by atoms with E-state index in [2.05, 4.69) is 30.7 Å². The number of aromatic nitrogens is 1. The lowest BCUT2D eigenvalue weighted by atomic mass is 9.81. The molecule has 1 saturated heterocycles. The number of hydrogen-bond acceptors (Lipinski definition) is 5. The highest BCUT2D eigenvalue weighted by Gasteiger charge is 2.34. The van der Waals surface area contributed by atoms with Gasteiger partial charge in [0.1, 0.15) is 11.9 Å². The van der Waals surface area contributed by atoms with Gasteiger partial charge in [0.15, 0.2) is 0 Å². The molecule has 1 unspecified atom stereocenters. The molecule has 33 heavy (non-hydrogen) atoms. The third kappa shape index (κ3) is 7.31. The molecule has 0 radical (unpaired) electrons. The Morgan fingerprint density at radius 3 is 2.85 bits per heavy atom. The van der Waals surface area contributed by atoms with Crippen molar-refractivity contribution < 1.29 is 19.0 Å². The summed E-state index contributed by atoms with van der Waals surface area (Å²) in [6, 6.07) is 7.19. The molecule has 1 aliphatic heterocycles. The number of carboxylic acids is 1. The van der Waals surface area contributed by atoms with Crippen molar-refractivity contribution in [1.82, 2.24) is 9.88 Å². The normalized spacial score (nSPS) is 20.6. The number of pyridine rings is 1. The fourth-order valence-corrected chi connectivity index (χ4v) is 5.51. The highest BCUT2D eigenvalue weighted by Crippen LogP contribution is 2.35. The standard InChI is InChI=1S/C26H37FN2O3S/c1-26(2,3)33-15-5-13-29-14-11-18(22(17-29)25(30)31)6-8-23(27)20-10-12-28-24-9-7-19(32-4)16-21(20)24/h7,9-10,12,16,18,22-23H,5-6,8,11,13-15,17H2,1-4H3,(H,30,31)/t18-,22+,23?/m1/s1. The van der Waals surface area contributed by atoms with Crippen LogP contribution in [0.4, 0.5) is 4.39 Å². The molecule has 5 nitrogen and oxygen atoms in total. The van der Waals surface area contributed by atoms with Crippen molar-refractivity contribution in [3.05, 3.63) is 36.0 Å². The molecule has 2 aromatic rings. The topological polar surface area (TPSA) is 62.7 Å². The second-order valence-electron chi connectivity index (χ2n) is 9.94. The van der Waals surface area contributed by atoms with Crippen LogP contribution in [0.1, 0.15) is 58.2 Å². The van der Waals surface area contributed by atoms with Crippen LogP contribution in [0.25, 0.3) is 10.9 Å². The molecule has 3 atom stereocenters. The summed E-state index contributed by atoms with van der Waals surface area (Å²) in [5.74, 6) is 0.556. The number of piperidine rings is 1. The second-order valence-corrected chi connectivity index (χ2v) is 11.9. The van der Waals surface area contributed by atoms with Gasteiger partial charge in [-0.25, -0.2) is 4.39 Å². The van der Waals surface area contributed by atoms with E-state index in [-0.39, 0.29) is 10.7 Å². The third-order valence-electron chi connectivity index (χ3n) is 6.42. The van der Waals surface area contributed by atoms with Crippen molar-refractivity contribution in [2.45, 2.75) is 57.4 Å². The van der Waals surface area contributed by atoms with Gasteiger partial charge in [-0.3, -0.25) is 9.78 Å². The van der Waals surface area contributed by atoms with Crippen LogP contribution in [0.5, 0.6) is 5.75 Å². The predicted octanol–water partition coefficient (Wildman–Crippen LogP) is 5.98. The highest BCUT2D eigenvalue weighted by molar-refractivity contribution is 8.00. The van der Waals surface area contributed by atoms with E-state index >= 15 is 4.39 Å². The Balaban J connectivity index is 1.57. The van der Waals surface area contributed by atoms with Gasteiger partial charge in [-0.2, -0.15) is 11.8 Å². The predicted molar refractivity (Wildman–Crippen MR) is 134 cm³/mol. The van der Waals surface area contributed by atoms with Crippen LogP contribution in [0.2, 0.25) is 0 Å². The van der Waals surface area contributed by atoms with Gasteiger partial charge in [-0.15, -0.1) is 0 Å². The number of alkyl halides is 1. The Kier molecular flexibility index (Phi) is 8.99. The zero-order valence-electron chi connectivity index (χ0n) is 20.2. The smallest absolute Gasteiger partial charge is 0.308 e. The average molecular weight is 477 g/mol. The number of thioether (sulfide) groups is 1. The molecule has 0 bridgehead atoms. The lowest BCUT2D eigenvalue weighted by Crippen LogP contribution is -2.44. The summed E-state index contributed by atoms with van der Waals surface area (Å²) in [4.78, 5) is 18.6. The Labute approximate surface area is 201 Å². The Bertz CT molecular complexity index is 933. The Morgan fingerprint density at radius 2 is 2.15 bits per heavy atom. The molecule has 0 aliphatic carbocycles. The number of rotatable bonds is 10. The summed E-state index contributed by atoms with van der Waals surface area (Å²) in [5.41, 5.74) is 1.33. The molecule has 182 valence electrons. The minimum absolute atomic E-state index is 0.00332. The van der Waals surface area contributed by atoms with Crippen LogP contribution in [-0.4, -0.2) is 58.2 Å². The van der Waals surface area contributed by atoms with Crippen LogP contribution >= 0.6 is 11.8 Å². The fraction of sp³-hybridized carbons (Fsp3) is 0.615. The third-order valence-corrected chi connectivity index (χ3v) is 7.78. The Hall–Kier alpha value is -1.86. The zero-order valence-corrected chi connectivity index (χ0v) is 21.0. The number of methoxy groups -OCH3 is 1. The molecule has 2 heterocycles. The second kappa shape index (κ2) is 11.5. The lowest BCUT2D eigenvalue weighted by molar-refractivity contribution is -0.146. The molecule has 1 aliphatic rings. The maximum Gasteiger partial charge on any atom is 0.308 e. The number of carbonyl (C=O) groups is 1. The number of aliphatic carboxylic acids is 1. The van der Waals surface area contributed by atoms with Gasteiger partial charge < -0.3 is 14.7 Å². The first-order chi connectivity index (χ1) is 15.7. The summed E-state index contributed by atoms with van der Waals surface area (Å²) < 4.78 is 20.9. The van der Waals surface area contributed by atoms with E-state index in [1.165, 1.54) is 0 Å². The molecule has 1 fully saturated rings. The van der Waals surface area contributed by atoms with Crippen molar-refractivity contribution in [2.24, 2.45) is 11.8 Å². The van der Waals surface area contributed by atoms with E-state index in [9.17, 15) is 9.90 Å². The number of benzene rings is 1. The molecule has 1 aromatic heterocycles. The summed E-state index contributed by atoms with van der Waals surface area (Å²) in [5, 5.41) is 10.6. The monoisotopic (exact) mass is 476 g/mol. The maximum atomic E-state index is 15.3. The number of fused-ring (bicyclic) bond motifs is 1. The average Bonchev–Trinajstić information content (AvgIpc) is 2.79. The van der Waals surface area contributed by atoms with Crippen LogP contribution < -0.4 is 4.74 Å². The molecule has 1 N–H and O–H groups in total. The SMILES string of the molecule is COc1ccc2nccc(C(F)CC[C@@H]3CCN(CCCSC(C)(C)C)C[C@@H]3C(=O)O)c2c1. The summed E-state index contributed by atoms with van der Waals surface area (Å²) in [6.07, 6.45) is 3.22. The van der Waals surface area contributed by atoms with Crippen LogP contribution in [0.15, 0.2) is 30.5 Å². The minimum atomic E-state index is -1.16. The van der Waals surface area contributed by atoms with Crippen LogP contribution in [0.3, 0.4) is 0 Å². The largest absolute Gasteiger partial charge is 0.497 e. The highest BCUT2D eigenvalue weighted by atomic mass is 32.2. The van der Waals surface area contributed by atoms with E-state index in [4.69, 9.17) is 4.74 Å². The molecule has 0 amide bonds. The van der Waals surface area contributed by atoms with Crippen molar-refractivity contribution in [2.75, 3.05) is 32.5 Å². The zero-order chi connectivity index (χ0) is 24.0. The van der Waals surface area contributed by atoms with Crippen LogP contribution in [-0.2, 0) is 4.79 Å². The number of carboxylic acid groups (broad SMARTS) is 1. The molecule has 1 aromatic carbocycles. The fourth-order valence-electron chi connectivity index (χ4n) is 4.63. The molecule has 0 saturated carbocycles. The van der Waals surface area contributed by atoms with Crippen molar-refractivity contribution in [3.8, 4) is 5.75 Å². The number of ether oxygens (including phenoxy) is 1. The first kappa shape index (κ1) is 25.8. The number of likely N-dealkylation sites (tertiary alicyclic amines) is 1. The number of nitrogens with zero attached hydrogens (tertiary/aromatic N) is 2. The van der Waals surface area contributed by atoms with E-state index in [0.29, 0.717) is 30.7 Å². The number of halogens is 1. The summed E-state index contributed by atoms with van der Waals surface area (Å²) >= 11 is 1.95. The van der Waals surface area contributed by atoms with E-state index in [1.54, 1.807) is 19.4 Å². The van der Waals surface area contributed by atoms with E-state index < -0.39 is 18.1 Å². The van der Waals surface area contributed by atoms with Gasteiger partial charge in [-0.1, -0.05) is 20.8 Å². The minimum Gasteiger partial charge on any atom is -0.497 e. The molecular formula is C26H37FN2O3S. The van der Waals surface area contributed by atoms with Gasteiger partial charge in [0.05, 0.1) is 18.5 Å². The summed E-state index contributed by atoms with van der Waals surface area (Å²) in [6.45, 7) is 9.02. The van der Waals surface area contributed by atoms with Crippen molar-refractivity contribution in [3.63, 3.8) is 0 Å². The van der Waals surface area contributed by atoms with Crippen molar-refractivity contribution >= 4 is 28.6 Å². The molecular weight excluding hydrogens is 439 g/mol. The van der Waals surface area contributed by atoms with Gasteiger partial charge in [0.2, 0.25) is 0 Å². The van der Waals surface area contributed by atoms with E-state index in [0.717, 1.165) is 42.6 Å². The van der Waals surface area contributed by atoms with Gasteiger partial charge >= 0.3 is 5.97 Å². The summed E-state index contributed by atoms with van der Waals surface area (Å²) in [7, 11) is 1.59. The first-order valence-corrected chi connectivity index (χ1v) is 12.8. The Morgan fingerprint density at radius 1 is 1.36 bits per heavy atom. The number of hydrogen-bond donors (Lipinski definition) is 1. The first-order valence-electron chi connectivity index (χ1n) is 11.8. The van der Waals surface area contributed by atoms with Crippen molar-refractivity contribution in [1.29, 1.82) is 0 Å². The van der Waals surface area contributed by atoms with E-state index in [1.807, 2.05) is 30.0 Å². The molecule has 7 heteroatoms. The maximum absolute atomic E-state index is 15.3. The molecule has 3 rings (SSSR count). The van der Waals surface area contributed by atoms with Gasteiger partial charge in [-0.05, 0) is 80.3 Å². The van der Waals surface area contributed by atoms with Gasteiger partial charge in [0.25, 0.3) is 0 Å². The van der Waals surface area contributed by atoms with Gasteiger partial charge in [0, 0.05) is 22.9 Å². The van der Waals surface area contributed by atoms with Crippen LogP contribution in [0, 0.1) is 11.8 Å².